The van der Waals surface area contributed by atoms with Crippen LogP contribution in [0.4, 0.5) is 35.1 Å². The van der Waals surface area contributed by atoms with E-state index in [2.05, 4.69) is 20.1 Å². The molecule has 2 aliphatic carbocycles. The summed E-state index contributed by atoms with van der Waals surface area (Å²) in [6.07, 6.45) is 4.03. The first kappa shape index (κ1) is 35.3. The lowest BCUT2D eigenvalue weighted by Gasteiger charge is -2.29. The number of alkyl halides is 6. The fourth-order valence-corrected chi connectivity index (χ4v) is 7.38. The molecule has 0 spiro atoms. The van der Waals surface area contributed by atoms with Gasteiger partial charge in [0, 0.05) is 90.1 Å². The van der Waals surface area contributed by atoms with Crippen LogP contribution >= 0.6 is 0 Å². The second kappa shape index (κ2) is 13.3. The van der Waals surface area contributed by atoms with Crippen molar-refractivity contribution in [2.24, 2.45) is 0 Å². The second-order valence-electron chi connectivity index (χ2n) is 13.6. The molecule has 0 fully saturated rings. The smallest absolute Gasteiger partial charge is 0.290 e. The third-order valence-electron chi connectivity index (χ3n) is 9.82. The maximum Gasteiger partial charge on any atom is 0.290 e. The lowest BCUT2D eigenvalue weighted by Crippen LogP contribution is -2.33. The number of nitrogens with zero attached hydrogens (tertiary/aromatic N) is 5. The monoisotopic (exact) mass is 748 g/mol. The van der Waals surface area contributed by atoms with Gasteiger partial charge in [0.15, 0.2) is 5.78 Å². The zero-order chi connectivity index (χ0) is 37.9. The van der Waals surface area contributed by atoms with Crippen LogP contribution in [0.3, 0.4) is 0 Å². The lowest BCUT2D eigenvalue weighted by atomic mass is 9.86. The molecule has 0 bridgehead atoms. The average molecular weight is 749 g/mol. The summed E-state index contributed by atoms with van der Waals surface area (Å²) in [5, 5.41) is 4.25. The molecule has 2 aliphatic rings. The summed E-state index contributed by atoms with van der Waals surface area (Å²) in [6, 6.07) is 10.3. The maximum absolute atomic E-state index is 15.2. The van der Waals surface area contributed by atoms with Crippen LogP contribution in [0.25, 0.3) is 39.4 Å². The third-order valence-corrected chi connectivity index (χ3v) is 9.82. The van der Waals surface area contributed by atoms with Crippen molar-refractivity contribution in [1.29, 1.82) is 0 Å². The maximum atomic E-state index is 15.2. The normalized spacial score (nSPS) is 16.2. The van der Waals surface area contributed by atoms with Gasteiger partial charge in [0.2, 0.25) is 0 Å². The largest absolute Gasteiger partial charge is 0.346 e. The number of rotatable bonds is 10. The summed E-state index contributed by atoms with van der Waals surface area (Å²) >= 11 is 0. The Morgan fingerprint density at radius 1 is 0.852 bits per heavy atom. The number of halogens is 8. The van der Waals surface area contributed by atoms with E-state index >= 15 is 8.78 Å². The topological polar surface area (TPSA) is 89.4 Å². The van der Waals surface area contributed by atoms with Crippen LogP contribution in [0.1, 0.15) is 71.1 Å². The van der Waals surface area contributed by atoms with Gasteiger partial charge in [-0.15, -0.1) is 0 Å². The van der Waals surface area contributed by atoms with E-state index in [1.54, 1.807) is 24.8 Å². The molecule has 8 rings (SSSR count). The summed E-state index contributed by atoms with van der Waals surface area (Å²) in [5.41, 5.74) is 0.668. The van der Waals surface area contributed by atoms with Gasteiger partial charge < -0.3 is 4.98 Å². The standard InChI is InChI=1S/C39H28F8N6O/c40-27-9-20(10-28(41)15-27)8-23(13-29(54)19-53-35-32(34(52-53)36(42)43)38(44,45)5-6-39(35,46)47)33-30(26-11-21-2-1-3-31(21)49-18-26)14-25(16-50-33)24-12-22-4-7-48-37(22)51-17-24/h1-2,4,7,9-12,14-18,23,36H,3,5-6,8,13,19H2,(H,48,51)/t23-/m1/s1. The number of fused-ring (bicyclic) bond motifs is 3. The van der Waals surface area contributed by atoms with Gasteiger partial charge in [0.05, 0.1) is 17.0 Å². The van der Waals surface area contributed by atoms with Crippen LogP contribution in [0.2, 0.25) is 0 Å². The minimum atomic E-state index is -4.02. The number of aromatic amines is 1. The average Bonchev–Trinajstić information content (AvgIpc) is 3.88. The molecule has 54 heavy (non-hydrogen) atoms. The Morgan fingerprint density at radius 2 is 1.57 bits per heavy atom. The number of allylic oxidation sites excluding steroid dienone is 1. The molecule has 15 heteroatoms. The molecule has 6 aromatic rings. The fourth-order valence-electron chi connectivity index (χ4n) is 7.38. The first-order valence-corrected chi connectivity index (χ1v) is 17.0. The number of ketones is 1. The van der Waals surface area contributed by atoms with E-state index in [0.29, 0.717) is 40.4 Å². The van der Waals surface area contributed by atoms with E-state index in [1.807, 2.05) is 36.4 Å². The van der Waals surface area contributed by atoms with Gasteiger partial charge in [-0.3, -0.25) is 19.4 Å². The first-order valence-electron chi connectivity index (χ1n) is 17.0. The Labute approximate surface area is 301 Å². The highest BCUT2D eigenvalue weighted by Crippen LogP contribution is 2.52. The third kappa shape index (κ3) is 6.56. The molecule has 0 radical (unpaired) electrons. The van der Waals surface area contributed by atoms with E-state index < -0.39 is 84.4 Å². The van der Waals surface area contributed by atoms with E-state index in [9.17, 15) is 31.1 Å². The minimum Gasteiger partial charge on any atom is -0.346 e. The SMILES string of the molecule is O=C(C[C@@H](Cc1cc(F)cc(F)c1)c1ncc(-c2cnc3[nH]ccc3c2)cc1-c1cnc2c(c1)C=CC2)Cn1nc(C(F)F)c2c1C(F)(F)CCC2(F)F. The number of hydrogen-bond donors (Lipinski definition) is 1. The Bertz CT molecular complexity index is 2450. The number of H-pyrrole nitrogens is 1. The van der Waals surface area contributed by atoms with Crippen LogP contribution in [0, 0.1) is 11.6 Å². The fraction of sp³-hybridized carbons (Fsp3) is 0.256. The number of benzene rings is 1. The molecular weight excluding hydrogens is 720 g/mol. The number of pyridine rings is 3. The van der Waals surface area contributed by atoms with E-state index in [-0.39, 0.29) is 22.4 Å². The van der Waals surface area contributed by atoms with Crippen molar-refractivity contribution in [1.82, 2.24) is 29.7 Å². The molecule has 276 valence electrons. The Kier molecular flexibility index (Phi) is 8.69. The lowest BCUT2D eigenvalue weighted by molar-refractivity contribution is -0.121. The van der Waals surface area contributed by atoms with Crippen LogP contribution in [-0.4, -0.2) is 35.5 Å². The van der Waals surface area contributed by atoms with Crippen molar-refractivity contribution < 1.29 is 39.9 Å². The van der Waals surface area contributed by atoms with Gasteiger partial charge in [-0.2, -0.15) is 13.9 Å². The minimum absolute atomic E-state index is 0.141. The first-order chi connectivity index (χ1) is 25.8. The molecule has 5 heterocycles. The summed E-state index contributed by atoms with van der Waals surface area (Å²) in [6.45, 7) is -1.05. The summed E-state index contributed by atoms with van der Waals surface area (Å²) in [5.74, 6) is -11.6. The zero-order valence-electron chi connectivity index (χ0n) is 28.1. The number of nitrogens with one attached hydrogen (secondary N) is 1. The molecule has 1 atom stereocenters. The predicted molar refractivity (Wildman–Crippen MR) is 182 cm³/mol. The van der Waals surface area contributed by atoms with Crippen LogP contribution < -0.4 is 0 Å². The Balaban J connectivity index is 1.23. The molecule has 0 unspecified atom stereocenters. The Morgan fingerprint density at radius 3 is 2.35 bits per heavy atom. The molecule has 0 saturated heterocycles. The zero-order valence-corrected chi connectivity index (χ0v) is 28.1. The number of carbonyl (C=O) groups is 1. The second-order valence-corrected chi connectivity index (χ2v) is 13.6. The van der Waals surface area contributed by atoms with Crippen molar-refractivity contribution in [3.63, 3.8) is 0 Å². The highest BCUT2D eigenvalue weighted by molar-refractivity contribution is 5.84. The number of aromatic nitrogens is 6. The number of hydrogen-bond acceptors (Lipinski definition) is 5. The van der Waals surface area contributed by atoms with Crippen LogP contribution in [0.5, 0.6) is 0 Å². The Hall–Kier alpha value is -5.73. The molecule has 7 nitrogen and oxygen atoms in total. The van der Waals surface area contributed by atoms with Gasteiger partial charge in [-0.1, -0.05) is 12.2 Å². The van der Waals surface area contributed by atoms with Gasteiger partial charge in [0.1, 0.15) is 35.2 Å². The quantitative estimate of drug-likeness (QED) is 0.141. The van der Waals surface area contributed by atoms with Crippen molar-refractivity contribution in [2.45, 2.75) is 62.8 Å². The molecular formula is C39H28F8N6O. The van der Waals surface area contributed by atoms with Gasteiger partial charge in [-0.05, 0) is 53.9 Å². The summed E-state index contributed by atoms with van der Waals surface area (Å²) in [7, 11) is 0. The number of carbonyl (C=O) groups excluding carboxylic acids is 1. The van der Waals surface area contributed by atoms with E-state index in [4.69, 9.17) is 4.98 Å². The van der Waals surface area contributed by atoms with Gasteiger partial charge in [-0.25, -0.2) is 31.3 Å². The number of Topliss-reactive ketones (excluding diaryl/α,β-unsaturated/α-hetero) is 1. The van der Waals surface area contributed by atoms with Crippen molar-refractivity contribution in [3.8, 4) is 22.3 Å². The highest BCUT2D eigenvalue weighted by Gasteiger charge is 2.55. The summed E-state index contributed by atoms with van der Waals surface area (Å²) < 4.78 is 117. The van der Waals surface area contributed by atoms with Gasteiger partial charge in [0.25, 0.3) is 18.3 Å². The molecule has 1 aromatic carbocycles. The molecule has 0 saturated carbocycles. The molecule has 1 N–H and O–H groups in total. The summed E-state index contributed by atoms with van der Waals surface area (Å²) in [4.78, 5) is 30.7. The van der Waals surface area contributed by atoms with Crippen LogP contribution in [-0.2, 0) is 36.0 Å². The predicted octanol–water partition coefficient (Wildman–Crippen LogP) is 9.63. The van der Waals surface area contributed by atoms with Crippen molar-refractivity contribution in [2.75, 3.05) is 0 Å². The van der Waals surface area contributed by atoms with Crippen molar-refractivity contribution >= 4 is 22.9 Å². The highest BCUT2D eigenvalue weighted by atomic mass is 19.3. The molecule has 0 aliphatic heterocycles. The van der Waals surface area contributed by atoms with Crippen LogP contribution in [0.15, 0.2) is 73.3 Å². The van der Waals surface area contributed by atoms with Gasteiger partial charge >= 0.3 is 0 Å². The van der Waals surface area contributed by atoms with E-state index in [0.717, 1.165) is 28.8 Å². The van der Waals surface area contributed by atoms with Crippen molar-refractivity contribution in [3.05, 3.63) is 124 Å². The molecule has 5 aromatic heterocycles. The van der Waals surface area contributed by atoms with E-state index in [1.165, 1.54) is 0 Å². The molecule has 0 amide bonds.